The summed E-state index contributed by atoms with van der Waals surface area (Å²) in [5.74, 6) is 0.748. The fourth-order valence-corrected chi connectivity index (χ4v) is 1.65. The molecule has 1 atom stereocenters. The van der Waals surface area contributed by atoms with Gasteiger partial charge in [-0.2, -0.15) is 4.98 Å². The number of aromatic nitrogens is 2. The second-order valence-electron chi connectivity index (χ2n) is 4.35. The van der Waals surface area contributed by atoms with Gasteiger partial charge in [0.2, 0.25) is 17.6 Å². The molecule has 0 saturated heterocycles. The van der Waals surface area contributed by atoms with Crippen molar-refractivity contribution in [1.29, 1.82) is 0 Å². The minimum Gasteiger partial charge on any atom is -0.354 e. The molecule has 0 fully saturated rings. The standard InChI is InChI=1S/C13H15ClN4O2.ClH/c1-8(15)13(19)16-7-6-11-17-12(18-20-11)9-2-4-10(14)5-3-9;/h2-5,8H,6-7,15H2,1H3,(H,16,19);1H/t8-;/m0./s1. The predicted octanol–water partition coefficient (Wildman–Crippen LogP) is 1.82. The number of amides is 1. The van der Waals surface area contributed by atoms with E-state index in [0.29, 0.717) is 29.7 Å². The summed E-state index contributed by atoms with van der Waals surface area (Å²) in [6.07, 6.45) is 0.457. The van der Waals surface area contributed by atoms with Gasteiger partial charge in [-0.15, -0.1) is 12.4 Å². The number of nitrogens with two attached hydrogens (primary N) is 1. The molecule has 0 aliphatic rings. The minimum absolute atomic E-state index is 0. The number of nitrogens with zero attached hydrogens (tertiary/aromatic N) is 2. The van der Waals surface area contributed by atoms with Gasteiger partial charge in [0, 0.05) is 23.6 Å². The molecule has 21 heavy (non-hydrogen) atoms. The number of rotatable bonds is 5. The lowest BCUT2D eigenvalue weighted by atomic mass is 10.2. The van der Waals surface area contributed by atoms with Gasteiger partial charge < -0.3 is 15.6 Å². The molecule has 3 N–H and O–H groups in total. The normalized spacial score (nSPS) is 11.6. The van der Waals surface area contributed by atoms with E-state index in [4.69, 9.17) is 21.9 Å². The molecular formula is C13H16Cl2N4O2. The highest BCUT2D eigenvalue weighted by Crippen LogP contribution is 2.18. The number of benzene rings is 1. The Morgan fingerprint density at radius 3 is 2.71 bits per heavy atom. The molecule has 0 aliphatic heterocycles. The maximum absolute atomic E-state index is 11.3. The molecule has 1 amide bonds. The van der Waals surface area contributed by atoms with Crippen molar-refractivity contribution < 1.29 is 9.32 Å². The fraction of sp³-hybridized carbons (Fsp3) is 0.308. The third kappa shape index (κ3) is 5.00. The first-order chi connectivity index (χ1) is 9.56. The highest BCUT2D eigenvalue weighted by atomic mass is 35.5. The summed E-state index contributed by atoms with van der Waals surface area (Å²) < 4.78 is 5.11. The highest BCUT2D eigenvalue weighted by molar-refractivity contribution is 6.30. The lowest BCUT2D eigenvalue weighted by Gasteiger charge is -2.05. The molecule has 0 unspecified atom stereocenters. The zero-order valence-corrected chi connectivity index (χ0v) is 12.9. The van der Waals surface area contributed by atoms with E-state index in [1.165, 1.54) is 0 Å². The molecule has 1 aromatic carbocycles. The first kappa shape index (κ1) is 17.4. The summed E-state index contributed by atoms with van der Waals surface area (Å²) in [6.45, 7) is 2.03. The zero-order valence-electron chi connectivity index (χ0n) is 11.4. The van der Waals surface area contributed by atoms with Crippen molar-refractivity contribution in [2.75, 3.05) is 6.54 Å². The van der Waals surface area contributed by atoms with Gasteiger partial charge >= 0.3 is 0 Å². The van der Waals surface area contributed by atoms with E-state index in [1.807, 2.05) is 12.1 Å². The van der Waals surface area contributed by atoms with Gasteiger partial charge in [0.15, 0.2) is 0 Å². The van der Waals surface area contributed by atoms with Gasteiger partial charge in [0.25, 0.3) is 0 Å². The first-order valence-corrected chi connectivity index (χ1v) is 6.56. The molecule has 0 aliphatic carbocycles. The highest BCUT2D eigenvalue weighted by Gasteiger charge is 2.10. The lowest BCUT2D eigenvalue weighted by Crippen LogP contribution is -2.39. The van der Waals surface area contributed by atoms with E-state index in [-0.39, 0.29) is 18.3 Å². The van der Waals surface area contributed by atoms with E-state index < -0.39 is 6.04 Å². The van der Waals surface area contributed by atoms with Crippen LogP contribution in [0.25, 0.3) is 11.4 Å². The second kappa shape index (κ2) is 7.97. The van der Waals surface area contributed by atoms with Crippen molar-refractivity contribution in [2.24, 2.45) is 5.73 Å². The van der Waals surface area contributed by atoms with Crippen LogP contribution in [-0.4, -0.2) is 28.6 Å². The summed E-state index contributed by atoms with van der Waals surface area (Å²) in [7, 11) is 0. The minimum atomic E-state index is -0.526. The van der Waals surface area contributed by atoms with Crippen molar-refractivity contribution in [3.63, 3.8) is 0 Å². The Labute approximate surface area is 133 Å². The molecule has 2 aromatic rings. The maximum atomic E-state index is 11.3. The van der Waals surface area contributed by atoms with Crippen LogP contribution < -0.4 is 11.1 Å². The average molecular weight is 331 g/mol. The van der Waals surface area contributed by atoms with E-state index in [9.17, 15) is 4.79 Å². The van der Waals surface area contributed by atoms with Crippen LogP contribution >= 0.6 is 24.0 Å². The molecule has 0 radical (unpaired) electrons. The monoisotopic (exact) mass is 330 g/mol. The summed E-state index contributed by atoms with van der Waals surface area (Å²) in [5.41, 5.74) is 6.26. The zero-order chi connectivity index (χ0) is 14.5. The Bertz CT molecular complexity index is 584. The maximum Gasteiger partial charge on any atom is 0.236 e. The van der Waals surface area contributed by atoms with Crippen LogP contribution in [0, 0.1) is 0 Å². The Morgan fingerprint density at radius 1 is 1.43 bits per heavy atom. The molecule has 8 heteroatoms. The van der Waals surface area contributed by atoms with Gasteiger partial charge in [-0.25, -0.2) is 0 Å². The van der Waals surface area contributed by atoms with Gasteiger partial charge in [0.1, 0.15) is 0 Å². The smallest absolute Gasteiger partial charge is 0.236 e. The topological polar surface area (TPSA) is 94.0 Å². The van der Waals surface area contributed by atoms with Crippen LogP contribution in [0.3, 0.4) is 0 Å². The Hall–Kier alpha value is -1.63. The van der Waals surface area contributed by atoms with Gasteiger partial charge in [-0.05, 0) is 31.2 Å². The fourth-order valence-electron chi connectivity index (χ4n) is 1.53. The van der Waals surface area contributed by atoms with Crippen molar-refractivity contribution in [1.82, 2.24) is 15.5 Å². The Balaban J connectivity index is 0.00000220. The Morgan fingerprint density at radius 2 is 2.10 bits per heavy atom. The lowest BCUT2D eigenvalue weighted by molar-refractivity contribution is -0.121. The SMILES string of the molecule is C[C@H](N)C(=O)NCCc1nc(-c2ccc(Cl)cc2)no1.Cl. The first-order valence-electron chi connectivity index (χ1n) is 6.18. The Kier molecular flexibility index (Phi) is 6.61. The largest absolute Gasteiger partial charge is 0.354 e. The number of hydrogen-bond donors (Lipinski definition) is 2. The molecule has 1 aromatic heterocycles. The predicted molar refractivity (Wildman–Crippen MR) is 82.4 cm³/mol. The van der Waals surface area contributed by atoms with E-state index in [0.717, 1.165) is 5.56 Å². The van der Waals surface area contributed by atoms with Crippen LogP contribution in [-0.2, 0) is 11.2 Å². The van der Waals surface area contributed by atoms with Crippen LogP contribution in [0.4, 0.5) is 0 Å². The molecule has 2 rings (SSSR count). The van der Waals surface area contributed by atoms with Crippen LogP contribution in [0.15, 0.2) is 28.8 Å². The number of hydrogen-bond acceptors (Lipinski definition) is 5. The van der Waals surface area contributed by atoms with Crippen molar-refractivity contribution in [3.05, 3.63) is 35.2 Å². The third-order valence-corrected chi connectivity index (χ3v) is 2.87. The average Bonchev–Trinajstić information content (AvgIpc) is 2.88. The summed E-state index contributed by atoms with van der Waals surface area (Å²) in [5, 5.41) is 7.21. The summed E-state index contributed by atoms with van der Waals surface area (Å²) in [4.78, 5) is 15.5. The van der Waals surface area contributed by atoms with Gasteiger partial charge in [-0.1, -0.05) is 16.8 Å². The van der Waals surface area contributed by atoms with Crippen molar-refractivity contribution in [2.45, 2.75) is 19.4 Å². The molecule has 0 spiro atoms. The van der Waals surface area contributed by atoms with Crippen molar-refractivity contribution >= 4 is 29.9 Å². The number of carbonyl (C=O) groups is 1. The molecule has 1 heterocycles. The van der Waals surface area contributed by atoms with Gasteiger partial charge in [0.05, 0.1) is 6.04 Å². The van der Waals surface area contributed by atoms with Crippen LogP contribution in [0.1, 0.15) is 12.8 Å². The van der Waals surface area contributed by atoms with E-state index >= 15 is 0 Å². The number of halogens is 2. The molecule has 0 saturated carbocycles. The number of nitrogens with one attached hydrogen (secondary N) is 1. The third-order valence-electron chi connectivity index (χ3n) is 2.62. The molecule has 114 valence electrons. The quantitative estimate of drug-likeness (QED) is 0.871. The van der Waals surface area contributed by atoms with Crippen LogP contribution in [0.5, 0.6) is 0 Å². The van der Waals surface area contributed by atoms with E-state index in [1.54, 1.807) is 19.1 Å². The number of carbonyl (C=O) groups excluding carboxylic acids is 1. The molecular weight excluding hydrogens is 315 g/mol. The molecule has 6 nitrogen and oxygen atoms in total. The van der Waals surface area contributed by atoms with Crippen molar-refractivity contribution in [3.8, 4) is 11.4 Å². The molecule has 0 bridgehead atoms. The summed E-state index contributed by atoms with van der Waals surface area (Å²) in [6, 6.07) is 6.62. The van der Waals surface area contributed by atoms with Gasteiger partial charge in [-0.3, -0.25) is 4.79 Å². The second-order valence-corrected chi connectivity index (χ2v) is 4.78. The summed E-state index contributed by atoms with van der Waals surface area (Å²) >= 11 is 5.81. The van der Waals surface area contributed by atoms with Crippen LogP contribution in [0.2, 0.25) is 5.02 Å². The van der Waals surface area contributed by atoms with E-state index in [2.05, 4.69) is 15.5 Å².